The first-order chi connectivity index (χ1) is 20.2. The van der Waals surface area contributed by atoms with Gasteiger partial charge in [-0.2, -0.15) is 0 Å². The van der Waals surface area contributed by atoms with E-state index in [0.717, 1.165) is 0 Å². The average Bonchev–Trinajstić information content (AvgIpc) is 2.99. The lowest BCUT2D eigenvalue weighted by atomic mass is 10.0. The van der Waals surface area contributed by atoms with Crippen LogP contribution in [0, 0.1) is 11.6 Å². The Bertz CT molecular complexity index is 1820. The van der Waals surface area contributed by atoms with E-state index in [9.17, 15) is 19.8 Å². The molecule has 0 spiro atoms. The number of amides is 2. The lowest BCUT2D eigenvalue weighted by Gasteiger charge is -2.14. The molecule has 0 heterocycles. The molecule has 0 aliphatic heterocycles. The van der Waals surface area contributed by atoms with Crippen LogP contribution in [0.15, 0.2) is 103 Å². The van der Waals surface area contributed by atoms with Gasteiger partial charge in [0, 0.05) is 16.7 Å². The molecule has 0 radical (unpaired) electrons. The number of rotatable bonds is 7. The molecular formula is C33H24F2N2O5. The van der Waals surface area contributed by atoms with Crippen molar-refractivity contribution in [3.8, 4) is 39.5 Å². The molecule has 0 aromatic heterocycles. The van der Waals surface area contributed by atoms with Gasteiger partial charge in [0.05, 0.1) is 24.0 Å². The van der Waals surface area contributed by atoms with Crippen LogP contribution in [0.1, 0.15) is 20.7 Å². The Morgan fingerprint density at radius 3 is 1.64 bits per heavy atom. The van der Waals surface area contributed by atoms with E-state index < -0.39 is 23.4 Å². The minimum Gasteiger partial charge on any atom is -0.508 e. The number of halogens is 2. The first kappa shape index (κ1) is 27.9. The molecular weight excluding hydrogens is 542 g/mol. The summed E-state index contributed by atoms with van der Waals surface area (Å²) in [6.45, 7) is 0. The van der Waals surface area contributed by atoms with Gasteiger partial charge in [0.15, 0.2) is 11.6 Å². The van der Waals surface area contributed by atoms with Crippen LogP contribution in [0.2, 0.25) is 0 Å². The summed E-state index contributed by atoms with van der Waals surface area (Å²) in [4.78, 5) is 26.4. The van der Waals surface area contributed by atoms with Crippen molar-refractivity contribution in [1.82, 2.24) is 0 Å². The molecule has 42 heavy (non-hydrogen) atoms. The van der Waals surface area contributed by atoms with Crippen LogP contribution in [0.3, 0.4) is 0 Å². The summed E-state index contributed by atoms with van der Waals surface area (Å²) in [5.74, 6) is -2.80. The quantitative estimate of drug-likeness (QED) is 0.166. The lowest BCUT2D eigenvalue weighted by molar-refractivity contribution is 0.102. The number of aromatic hydroxyl groups is 2. The molecule has 0 bridgehead atoms. The Kier molecular flexibility index (Phi) is 7.83. The Labute approximate surface area is 239 Å². The van der Waals surface area contributed by atoms with Crippen molar-refractivity contribution in [2.45, 2.75) is 0 Å². The van der Waals surface area contributed by atoms with Gasteiger partial charge in [-0.15, -0.1) is 0 Å². The van der Waals surface area contributed by atoms with Crippen LogP contribution in [0.5, 0.6) is 17.2 Å². The smallest absolute Gasteiger partial charge is 0.259 e. The Morgan fingerprint density at radius 1 is 0.643 bits per heavy atom. The Balaban J connectivity index is 1.40. The van der Waals surface area contributed by atoms with Crippen LogP contribution in [0.25, 0.3) is 22.3 Å². The summed E-state index contributed by atoms with van der Waals surface area (Å²) in [5.41, 5.74) is 0.926. The highest BCUT2D eigenvalue weighted by molar-refractivity contribution is 6.10. The number of hydrogen-bond donors (Lipinski definition) is 4. The predicted molar refractivity (Wildman–Crippen MR) is 156 cm³/mol. The van der Waals surface area contributed by atoms with Gasteiger partial charge in [-0.1, -0.05) is 48.5 Å². The third kappa shape index (κ3) is 5.75. The van der Waals surface area contributed by atoms with Crippen LogP contribution in [-0.2, 0) is 0 Å². The average molecular weight is 567 g/mol. The van der Waals surface area contributed by atoms with Gasteiger partial charge in [0.2, 0.25) is 0 Å². The van der Waals surface area contributed by atoms with E-state index in [4.69, 9.17) is 4.74 Å². The molecule has 9 heteroatoms. The number of anilines is 2. The fraction of sp³-hybridized carbons (Fsp3) is 0.0303. The highest BCUT2D eigenvalue weighted by atomic mass is 19.1. The maximum Gasteiger partial charge on any atom is 0.259 e. The number of carbonyl (C=O) groups excluding carboxylic acids is 2. The summed E-state index contributed by atoms with van der Waals surface area (Å²) >= 11 is 0. The van der Waals surface area contributed by atoms with Crippen molar-refractivity contribution in [3.05, 3.63) is 126 Å². The fourth-order valence-electron chi connectivity index (χ4n) is 4.46. The molecule has 0 atom stereocenters. The molecule has 0 aliphatic rings. The lowest BCUT2D eigenvalue weighted by Crippen LogP contribution is -2.17. The summed E-state index contributed by atoms with van der Waals surface area (Å²) in [7, 11) is 1.34. The zero-order chi connectivity index (χ0) is 29.8. The Hall–Kier alpha value is -5.70. The van der Waals surface area contributed by atoms with E-state index in [-0.39, 0.29) is 50.9 Å². The SMILES string of the molecule is COc1ccc(C(=O)Nc2cccc(-c3cccc(O)c3)c2F)cc1C(=O)Nc1cccc(-c2cccc(O)c2)c1F. The van der Waals surface area contributed by atoms with Gasteiger partial charge in [0.1, 0.15) is 17.2 Å². The number of phenols is 2. The van der Waals surface area contributed by atoms with Crippen molar-refractivity contribution >= 4 is 23.2 Å². The largest absolute Gasteiger partial charge is 0.508 e. The maximum atomic E-state index is 15.4. The number of ether oxygens (including phenoxy) is 1. The third-order valence-electron chi connectivity index (χ3n) is 6.51. The van der Waals surface area contributed by atoms with Crippen molar-refractivity contribution in [1.29, 1.82) is 0 Å². The van der Waals surface area contributed by atoms with Crippen LogP contribution >= 0.6 is 0 Å². The van der Waals surface area contributed by atoms with E-state index >= 15 is 8.78 Å². The summed E-state index contributed by atoms with van der Waals surface area (Å²) < 4.78 is 36.0. The molecule has 0 unspecified atom stereocenters. The molecule has 5 aromatic carbocycles. The first-order valence-corrected chi connectivity index (χ1v) is 12.7. The standard InChI is InChI=1S/C33H24F2N2O5/c1-42-29-15-14-21(32(40)36-27-12-4-10-24(30(27)34)19-6-2-8-22(38)16-19)18-26(29)33(41)37-28-13-5-11-25(31(28)35)20-7-3-9-23(39)17-20/h2-18,38-39H,1H3,(H,36,40)(H,37,41). The fourth-order valence-corrected chi connectivity index (χ4v) is 4.46. The Morgan fingerprint density at radius 2 is 1.14 bits per heavy atom. The molecule has 0 saturated heterocycles. The van der Waals surface area contributed by atoms with Crippen LogP contribution in [0.4, 0.5) is 20.2 Å². The van der Waals surface area contributed by atoms with Gasteiger partial charge in [-0.05, 0) is 65.7 Å². The number of methoxy groups -OCH3 is 1. The van der Waals surface area contributed by atoms with Gasteiger partial charge < -0.3 is 25.6 Å². The number of hydrogen-bond acceptors (Lipinski definition) is 5. The second-order valence-electron chi connectivity index (χ2n) is 9.26. The van der Waals surface area contributed by atoms with Gasteiger partial charge in [-0.25, -0.2) is 8.78 Å². The third-order valence-corrected chi connectivity index (χ3v) is 6.51. The summed E-state index contributed by atoms with van der Waals surface area (Å²) in [6, 6.07) is 25.1. The van der Waals surface area contributed by atoms with Crippen LogP contribution < -0.4 is 15.4 Å². The van der Waals surface area contributed by atoms with E-state index in [1.54, 1.807) is 36.4 Å². The normalized spacial score (nSPS) is 10.6. The van der Waals surface area contributed by atoms with Gasteiger partial charge >= 0.3 is 0 Å². The molecule has 0 aliphatic carbocycles. The van der Waals surface area contributed by atoms with E-state index in [1.807, 2.05) is 0 Å². The molecule has 0 saturated carbocycles. The summed E-state index contributed by atoms with van der Waals surface area (Å²) in [5, 5.41) is 24.6. The van der Waals surface area contributed by atoms with Gasteiger partial charge in [0.25, 0.3) is 11.8 Å². The van der Waals surface area contributed by atoms with Crippen molar-refractivity contribution in [3.63, 3.8) is 0 Å². The molecule has 2 amide bonds. The van der Waals surface area contributed by atoms with E-state index in [0.29, 0.717) is 11.1 Å². The molecule has 5 aromatic rings. The zero-order valence-corrected chi connectivity index (χ0v) is 22.2. The topological polar surface area (TPSA) is 108 Å². The van der Waals surface area contributed by atoms with Crippen molar-refractivity contribution < 1.29 is 33.3 Å². The van der Waals surface area contributed by atoms with E-state index in [2.05, 4.69) is 10.6 Å². The second kappa shape index (κ2) is 11.8. The van der Waals surface area contributed by atoms with Crippen molar-refractivity contribution in [2.24, 2.45) is 0 Å². The number of phenolic OH excluding ortho intramolecular Hbond substituents is 2. The van der Waals surface area contributed by atoms with Gasteiger partial charge in [-0.3, -0.25) is 9.59 Å². The molecule has 210 valence electrons. The second-order valence-corrected chi connectivity index (χ2v) is 9.26. The highest BCUT2D eigenvalue weighted by Gasteiger charge is 2.20. The highest BCUT2D eigenvalue weighted by Crippen LogP contribution is 2.32. The molecule has 0 fully saturated rings. The van der Waals surface area contributed by atoms with E-state index in [1.165, 1.54) is 73.8 Å². The molecule has 4 N–H and O–H groups in total. The molecule has 5 rings (SSSR count). The minimum absolute atomic E-state index is 0.0251. The number of carbonyl (C=O) groups is 2. The number of benzene rings is 5. The maximum absolute atomic E-state index is 15.4. The molecule has 7 nitrogen and oxygen atoms in total. The summed E-state index contributed by atoms with van der Waals surface area (Å²) in [6.07, 6.45) is 0. The number of nitrogens with one attached hydrogen (secondary N) is 2. The first-order valence-electron chi connectivity index (χ1n) is 12.7. The minimum atomic E-state index is -0.745. The zero-order valence-electron chi connectivity index (χ0n) is 22.2. The monoisotopic (exact) mass is 566 g/mol. The van der Waals surface area contributed by atoms with Crippen LogP contribution in [-0.4, -0.2) is 29.1 Å². The predicted octanol–water partition coefficient (Wildman–Crippen LogP) is 7.22. The van der Waals surface area contributed by atoms with Crippen molar-refractivity contribution in [2.75, 3.05) is 17.7 Å².